The Bertz CT molecular complexity index is 646. The van der Waals surface area contributed by atoms with E-state index >= 15 is 0 Å². The number of carbonyl (C=O) groups excluding carboxylic acids is 2. The number of nitrogens with two attached hydrogens (primary N) is 1. The van der Waals surface area contributed by atoms with Gasteiger partial charge in [0.25, 0.3) is 0 Å². The van der Waals surface area contributed by atoms with Gasteiger partial charge in [-0.1, -0.05) is 0 Å². The van der Waals surface area contributed by atoms with Crippen molar-refractivity contribution in [2.24, 2.45) is 5.73 Å². The summed E-state index contributed by atoms with van der Waals surface area (Å²) in [5.74, 6) is -4.70. The van der Waals surface area contributed by atoms with Crippen LogP contribution >= 0.6 is 0 Å². The summed E-state index contributed by atoms with van der Waals surface area (Å²) in [7, 11) is 0. The van der Waals surface area contributed by atoms with Crippen LogP contribution < -0.4 is 16.4 Å². The molecule has 1 rings (SSSR count). The standard InChI is InChI=1S/C14H21N5O7/c1-6(20)11(15)13(24)18-8(3-10(21)22)12(23)19-9(14(25)26)2-7-4-16-5-17-7/h4-6,8-9,11,20H,2-3,15H2,1H3,(H,16,17)(H,18,24)(H,19,23)(H,21,22)(H,25,26). The third kappa shape index (κ3) is 6.49. The molecule has 1 aromatic heterocycles. The maximum absolute atomic E-state index is 12.3. The van der Waals surface area contributed by atoms with Crippen molar-refractivity contribution in [3.8, 4) is 0 Å². The van der Waals surface area contributed by atoms with Gasteiger partial charge in [0.15, 0.2) is 0 Å². The van der Waals surface area contributed by atoms with Gasteiger partial charge < -0.3 is 36.7 Å². The average molecular weight is 371 g/mol. The van der Waals surface area contributed by atoms with E-state index in [1.165, 1.54) is 19.4 Å². The fraction of sp³-hybridized carbons (Fsp3) is 0.500. The molecule has 2 amide bonds. The molecular weight excluding hydrogens is 350 g/mol. The summed E-state index contributed by atoms with van der Waals surface area (Å²) in [6.45, 7) is 1.25. The van der Waals surface area contributed by atoms with Crippen LogP contribution in [0, 0.1) is 0 Å². The average Bonchev–Trinajstić information content (AvgIpc) is 3.04. The highest BCUT2D eigenvalue weighted by Gasteiger charge is 2.30. The van der Waals surface area contributed by atoms with Crippen molar-refractivity contribution < 1.29 is 34.5 Å². The molecule has 0 radical (unpaired) electrons. The summed E-state index contributed by atoms with van der Waals surface area (Å²) in [4.78, 5) is 52.8. The summed E-state index contributed by atoms with van der Waals surface area (Å²) >= 11 is 0. The van der Waals surface area contributed by atoms with Crippen LogP contribution in [-0.2, 0) is 25.6 Å². The predicted molar refractivity (Wildman–Crippen MR) is 85.7 cm³/mol. The van der Waals surface area contributed by atoms with Gasteiger partial charge in [0, 0.05) is 18.3 Å². The Balaban J connectivity index is 2.84. The molecule has 0 spiro atoms. The zero-order chi connectivity index (χ0) is 19.9. The van der Waals surface area contributed by atoms with Crippen molar-refractivity contribution >= 4 is 23.8 Å². The van der Waals surface area contributed by atoms with Crippen molar-refractivity contribution in [2.45, 2.75) is 44.0 Å². The van der Waals surface area contributed by atoms with Crippen molar-refractivity contribution in [3.05, 3.63) is 18.2 Å². The molecule has 1 aromatic rings. The summed E-state index contributed by atoms with van der Waals surface area (Å²) in [5.41, 5.74) is 5.87. The Morgan fingerprint density at radius 3 is 2.27 bits per heavy atom. The lowest BCUT2D eigenvalue weighted by Gasteiger charge is -2.22. The number of aliphatic carboxylic acids is 2. The number of aliphatic hydroxyl groups excluding tert-OH is 1. The smallest absolute Gasteiger partial charge is 0.326 e. The molecule has 0 fully saturated rings. The van der Waals surface area contributed by atoms with Gasteiger partial charge in [0.2, 0.25) is 11.8 Å². The van der Waals surface area contributed by atoms with E-state index in [9.17, 15) is 29.4 Å². The van der Waals surface area contributed by atoms with Crippen LogP contribution in [0.4, 0.5) is 0 Å². The van der Waals surface area contributed by atoms with E-state index in [1.807, 2.05) is 0 Å². The highest BCUT2D eigenvalue weighted by atomic mass is 16.4. The zero-order valence-corrected chi connectivity index (χ0v) is 13.9. The minimum Gasteiger partial charge on any atom is -0.481 e. The van der Waals surface area contributed by atoms with Crippen LogP contribution in [0.15, 0.2) is 12.5 Å². The molecule has 0 aromatic carbocycles. The molecule has 0 aliphatic carbocycles. The van der Waals surface area contributed by atoms with Crippen LogP contribution in [0.5, 0.6) is 0 Å². The molecular formula is C14H21N5O7. The van der Waals surface area contributed by atoms with Crippen LogP contribution in [0.3, 0.4) is 0 Å². The van der Waals surface area contributed by atoms with Crippen LogP contribution in [0.2, 0.25) is 0 Å². The molecule has 0 saturated carbocycles. The second kappa shape index (κ2) is 9.48. The van der Waals surface area contributed by atoms with E-state index in [0.29, 0.717) is 5.69 Å². The molecule has 12 nitrogen and oxygen atoms in total. The number of rotatable bonds is 10. The molecule has 4 atom stereocenters. The first-order valence-corrected chi connectivity index (χ1v) is 7.58. The number of aliphatic hydroxyl groups is 1. The van der Waals surface area contributed by atoms with E-state index in [2.05, 4.69) is 20.6 Å². The van der Waals surface area contributed by atoms with Crippen molar-refractivity contribution in [1.29, 1.82) is 0 Å². The summed E-state index contributed by atoms with van der Waals surface area (Å²) in [6.07, 6.45) is 0.569. The van der Waals surface area contributed by atoms with Gasteiger partial charge in [-0.05, 0) is 6.92 Å². The van der Waals surface area contributed by atoms with Gasteiger partial charge >= 0.3 is 11.9 Å². The number of nitrogens with zero attached hydrogens (tertiary/aromatic N) is 1. The lowest BCUT2D eigenvalue weighted by molar-refractivity contribution is -0.143. The van der Waals surface area contributed by atoms with Gasteiger partial charge in [-0.15, -0.1) is 0 Å². The topological polar surface area (TPSA) is 208 Å². The van der Waals surface area contributed by atoms with Crippen molar-refractivity contribution in [1.82, 2.24) is 20.6 Å². The predicted octanol–water partition coefficient (Wildman–Crippen LogP) is -2.81. The molecule has 4 unspecified atom stereocenters. The van der Waals surface area contributed by atoms with E-state index in [0.717, 1.165) is 0 Å². The molecule has 0 saturated heterocycles. The second-order valence-electron chi connectivity index (χ2n) is 5.61. The molecule has 0 aliphatic rings. The second-order valence-corrected chi connectivity index (χ2v) is 5.61. The number of hydrogen-bond acceptors (Lipinski definition) is 7. The number of carbonyl (C=O) groups is 4. The number of aromatic amines is 1. The van der Waals surface area contributed by atoms with E-state index in [4.69, 9.17) is 10.8 Å². The number of aromatic nitrogens is 2. The molecule has 26 heavy (non-hydrogen) atoms. The molecule has 8 N–H and O–H groups in total. The van der Waals surface area contributed by atoms with Gasteiger partial charge in [0.05, 0.1) is 18.9 Å². The number of carboxylic acid groups (broad SMARTS) is 2. The Kier molecular flexibility index (Phi) is 7.68. The molecule has 0 bridgehead atoms. The maximum Gasteiger partial charge on any atom is 0.326 e. The third-order valence-corrected chi connectivity index (χ3v) is 3.43. The SMILES string of the molecule is CC(O)C(N)C(=O)NC(CC(=O)O)C(=O)NC(Cc1cnc[nH]1)C(=O)O. The molecule has 144 valence electrons. The molecule has 0 aliphatic heterocycles. The summed E-state index contributed by atoms with van der Waals surface area (Å²) < 4.78 is 0. The lowest BCUT2D eigenvalue weighted by Crippen LogP contribution is -2.57. The highest BCUT2D eigenvalue weighted by molar-refractivity contribution is 5.94. The fourth-order valence-electron chi connectivity index (χ4n) is 1.96. The summed E-state index contributed by atoms with van der Waals surface area (Å²) in [5, 5.41) is 31.7. The van der Waals surface area contributed by atoms with E-state index < -0.39 is 54.4 Å². The normalized spacial score (nSPS) is 15.3. The summed E-state index contributed by atoms with van der Waals surface area (Å²) in [6, 6.07) is -4.31. The van der Waals surface area contributed by atoms with Crippen molar-refractivity contribution in [2.75, 3.05) is 0 Å². The Labute approximate surface area is 147 Å². The number of imidazole rings is 1. The quantitative estimate of drug-likeness (QED) is 0.226. The monoisotopic (exact) mass is 371 g/mol. The largest absolute Gasteiger partial charge is 0.481 e. The van der Waals surface area contributed by atoms with Crippen LogP contribution in [0.1, 0.15) is 19.0 Å². The van der Waals surface area contributed by atoms with Gasteiger partial charge in [-0.25, -0.2) is 9.78 Å². The lowest BCUT2D eigenvalue weighted by atomic mass is 10.1. The van der Waals surface area contributed by atoms with E-state index in [1.54, 1.807) is 0 Å². The first-order chi connectivity index (χ1) is 12.1. The van der Waals surface area contributed by atoms with Gasteiger partial charge in [-0.3, -0.25) is 14.4 Å². The molecule has 12 heteroatoms. The first kappa shape index (κ1) is 21.1. The number of carboxylic acids is 2. The van der Waals surface area contributed by atoms with Crippen LogP contribution in [0.25, 0.3) is 0 Å². The molecule has 1 heterocycles. The number of amides is 2. The van der Waals surface area contributed by atoms with Crippen LogP contribution in [-0.4, -0.2) is 73.3 Å². The van der Waals surface area contributed by atoms with Gasteiger partial charge in [-0.2, -0.15) is 0 Å². The number of H-pyrrole nitrogens is 1. The van der Waals surface area contributed by atoms with E-state index in [-0.39, 0.29) is 6.42 Å². The Morgan fingerprint density at radius 2 is 1.81 bits per heavy atom. The van der Waals surface area contributed by atoms with Gasteiger partial charge in [0.1, 0.15) is 18.1 Å². The zero-order valence-electron chi connectivity index (χ0n) is 13.9. The Morgan fingerprint density at radius 1 is 1.19 bits per heavy atom. The Hall–Kier alpha value is -2.99. The third-order valence-electron chi connectivity index (χ3n) is 3.43. The fourth-order valence-corrected chi connectivity index (χ4v) is 1.96. The van der Waals surface area contributed by atoms with Crippen molar-refractivity contribution in [3.63, 3.8) is 0 Å². The minimum atomic E-state index is -1.56. The number of nitrogens with one attached hydrogen (secondary N) is 3. The minimum absolute atomic E-state index is 0.123. The maximum atomic E-state index is 12.3. The number of hydrogen-bond donors (Lipinski definition) is 7. The first-order valence-electron chi connectivity index (χ1n) is 7.58. The highest BCUT2D eigenvalue weighted by Crippen LogP contribution is 2.02.